The maximum absolute atomic E-state index is 6.00. The molecule has 3 aliphatic rings. The van der Waals surface area contributed by atoms with Crippen molar-refractivity contribution in [1.29, 1.82) is 0 Å². The average molecular weight is 528 g/mol. The van der Waals surface area contributed by atoms with Gasteiger partial charge in [-0.15, -0.1) is 24.0 Å². The first-order valence-electron chi connectivity index (χ1n) is 11.4. The largest absolute Gasteiger partial charge is 0.375 e. The molecule has 2 fully saturated rings. The first kappa shape index (κ1) is 23.8. The fourth-order valence-corrected chi connectivity index (χ4v) is 4.64. The van der Waals surface area contributed by atoms with Crippen molar-refractivity contribution in [2.75, 3.05) is 52.5 Å². The standard InChI is InChI=1S/C23H36N4O2.HI/c1-2-24-23(27-14-16-29-22(18-27)21-9-5-15-28-21)25-11-6-12-26-13-10-19-7-3-4-8-20(19)17-26;/h3-4,7-8,21-22H,2,5-6,9-18H2,1H3,(H,24,25);1H. The molecule has 1 aromatic rings. The number of morpholine rings is 1. The van der Waals surface area contributed by atoms with Gasteiger partial charge in [0.25, 0.3) is 0 Å². The average Bonchev–Trinajstić information content (AvgIpc) is 3.31. The van der Waals surface area contributed by atoms with Gasteiger partial charge in [0.15, 0.2) is 5.96 Å². The zero-order chi connectivity index (χ0) is 19.9. The molecule has 1 N–H and O–H groups in total. The summed E-state index contributed by atoms with van der Waals surface area (Å²) in [6, 6.07) is 8.85. The number of aliphatic imine (C=N–C) groups is 1. The number of nitrogens with zero attached hydrogens (tertiary/aromatic N) is 3. The summed E-state index contributed by atoms with van der Waals surface area (Å²) in [5.41, 5.74) is 3.01. The lowest BCUT2D eigenvalue weighted by atomic mass is 10.00. The van der Waals surface area contributed by atoms with Gasteiger partial charge in [-0.25, -0.2) is 0 Å². The Morgan fingerprint density at radius 3 is 2.77 bits per heavy atom. The van der Waals surface area contributed by atoms with Gasteiger partial charge < -0.3 is 19.7 Å². The molecule has 0 spiro atoms. The van der Waals surface area contributed by atoms with E-state index in [1.54, 1.807) is 0 Å². The Hall–Kier alpha value is -0.900. The van der Waals surface area contributed by atoms with E-state index in [-0.39, 0.29) is 36.2 Å². The third-order valence-corrected chi connectivity index (χ3v) is 6.21. The van der Waals surface area contributed by atoms with E-state index in [9.17, 15) is 0 Å². The predicted octanol–water partition coefficient (Wildman–Crippen LogP) is 2.90. The first-order chi connectivity index (χ1) is 14.3. The van der Waals surface area contributed by atoms with Crippen LogP contribution in [0.4, 0.5) is 0 Å². The summed E-state index contributed by atoms with van der Waals surface area (Å²) < 4.78 is 11.9. The molecule has 30 heavy (non-hydrogen) atoms. The number of nitrogens with one attached hydrogen (secondary N) is 1. The van der Waals surface area contributed by atoms with Crippen LogP contribution in [0, 0.1) is 0 Å². The van der Waals surface area contributed by atoms with Crippen molar-refractivity contribution in [3.05, 3.63) is 35.4 Å². The number of guanidine groups is 1. The van der Waals surface area contributed by atoms with Crippen molar-refractivity contribution in [2.24, 2.45) is 4.99 Å². The Balaban J connectivity index is 0.00000256. The Morgan fingerprint density at radius 2 is 1.97 bits per heavy atom. The number of fused-ring (bicyclic) bond motifs is 1. The molecular formula is C23H37IN4O2. The monoisotopic (exact) mass is 528 g/mol. The number of rotatable bonds is 6. The van der Waals surface area contributed by atoms with Crippen LogP contribution >= 0.6 is 24.0 Å². The van der Waals surface area contributed by atoms with Crippen molar-refractivity contribution in [3.8, 4) is 0 Å². The van der Waals surface area contributed by atoms with Crippen LogP contribution in [0.15, 0.2) is 29.3 Å². The number of benzene rings is 1. The lowest BCUT2D eigenvalue weighted by Crippen LogP contribution is -2.53. The summed E-state index contributed by atoms with van der Waals surface area (Å²) in [7, 11) is 0. The van der Waals surface area contributed by atoms with E-state index >= 15 is 0 Å². The Bertz CT molecular complexity index is 681. The highest BCUT2D eigenvalue weighted by Gasteiger charge is 2.32. The number of halogens is 1. The SMILES string of the molecule is CCNC(=NCCCN1CCc2ccccc2C1)N1CCOC(C2CCCO2)C1.I. The van der Waals surface area contributed by atoms with Crippen LogP contribution in [0.1, 0.15) is 37.3 Å². The van der Waals surface area contributed by atoms with E-state index in [4.69, 9.17) is 14.5 Å². The molecule has 3 heterocycles. The van der Waals surface area contributed by atoms with Crippen LogP contribution in [0.2, 0.25) is 0 Å². The van der Waals surface area contributed by atoms with E-state index in [2.05, 4.69) is 46.3 Å². The molecule has 6 nitrogen and oxygen atoms in total. The Labute approximate surface area is 198 Å². The fourth-order valence-electron chi connectivity index (χ4n) is 4.64. The maximum atomic E-state index is 6.00. The lowest BCUT2D eigenvalue weighted by Gasteiger charge is -2.37. The number of hydrogen-bond acceptors (Lipinski definition) is 4. The summed E-state index contributed by atoms with van der Waals surface area (Å²) in [5.74, 6) is 1.03. The summed E-state index contributed by atoms with van der Waals surface area (Å²) >= 11 is 0. The number of ether oxygens (including phenoxy) is 2. The van der Waals surface area contributed by atoms with Gasteiger partial charge in [-0.2, -0.15) is 0 Å². The first-order valence-corrected chi connectivity index (χ1v) is 11.4. The highest BCUT2D eigenvalue weighted by atomic mass is 127. The zero-order valence-electron chi connectivity index (χ0n) is 18.2. The molecular weight excluding hydrogens is 491 g/mol. The van der Waals surface area contributed by atoms with Crippen LogP contribution < -0.4 is 5.32 Å². The van der Waals surface area contributed by atoms with Crippen LogP contribution in [0.25, 0.3) is 0 Å². The highest BCUT2D eigenvalue weighted by Crippen LogP contribution is 2.21. The quantitative estimate of drug-likeness (QED) is 0.267. The predicted molar refractivity (Wildman–Crippen MR) is 132 cm³/mol. The molecule has 0 saturated carbocycles. The van der Waals surface area contributed by atoms with Crippen LogP contribution in [0.3, 0.4) is 0 Å². The van der Waals surface area contributed by atoms with Crippen molar-refractivity contribution in [2.45, 2.75) is 51.4 Å². The van der Waals surface area contributed by atoms with Gasteiger partial charge in [0.2, 0.25) is 0 Å². The van der Waals surface area contributed by atoms with E-state index in [0.29, 0.717) is 0 Å². The van der Waals surface area contributed by atoms with E-state index in [1.807, 2.05) is 0 Å². The van der Waals surface area contributed by atoms with Crippen molar-refractivity contribution in [3.63, 3.8) is 0 Å². The van der Waals surface area contributed by atoms with Crippen molar-refractivity contribution >= 4 is 29.9 Å². The zero-order valence-corrected chi connectivity index (χ0v) is 20.6. The summed E-state index contributed by atoms with van der Waals surface area (Å²) in [5, 5.41) is 3.48. The van der Waals surface area contributed by atoms with Gasteiger partial charge in [0.1, 0.15) is 6.10 Å². The van der Waals surface area contributed by atoms with Gasteiger partial charge in [0, 0.05) is 52.4 Å². The molecule has 2 saturated heterocycles. The normalized spacial score (nSPS) is 25.0. The van der Waals surface area contributed by atoms with Crippen LogP contribution in [0.5, 0.6) is 0 Å². The minimum Gasteiger partial charge on any atom is -0.375 e. The van der Waals surface area contributed by atoms with Crippen molar-refractivity contribution in [1.82, 2.24) is 15.1 Å². The van der Waals surface area contributed by atoms with Crippen LogP contribution in [-0.2, 0) is 22.4 Å². The topological polar surface area (TPSA) is 49.3 Å². The minimum atomic E-state index is 0. The van der Waals surface area contributed by atoms with E-state index < -0.39 is 0 Å². The van der Waals surface area contributed by atoms with Gasteiger partial charge in [-0.3, -0.25) is 9.89 Å². The molecule has 2 atom stereocenters. The fraction of sp³-hybridized carbons (Fsp3) is 0.696. The van der Waals surface area contributed by atoms with Crippen LogP contribution in [-0.4, -0.2) is 80.4 Å². The second-order valence-corrected chi connectivity index (χ2v) is 8.29. The lowest BCUT2D eigenvalue weighted by molar-refractivity contribution is -0.0817. The molecule has 7 heteroatoms. The van der Waals surface area contributed by atoms with Gasteiger partial charge >= 0.3 is 0 Å². The molecule has 0 radical (unpaired) electrons. The summed E-state index contributed by atoms with van der Waals surface area (Å²) in [6.45, 7) is 10.6. The number of hydrogen-bond donors (Lipinski definition) is 1. The maximum Gasteiger partial charge on any atom is 0.194 e. The highest BCUT2D eigenvalue weighted by molar-refractivity contribution is 14.0. The molecule has 0 amide bonds. The van der Waals surface area contributed by atoms with Gasteiger partial charge in [-0.1, -0.05) is 24.3 Å². The second kappa shape index (κ2) is 12.2. The Morgan fingerprint density at radius 1 is 1.13 bits per heavy atom. The van der Waals surface area contributed by atoms with E-state index in [1.165, 1.54) is 17.5 Å². The molecule has 3 aliphatic heterocycles. The van der Waals surface area contributed by atoms with Gasteiger partial charge in [-0.05, 0) is 43.7 Å². The molecule has 0 aromatic heterocycles. The van der Waals surface area contributed by atoms with Crippen molar-refractivity contribution < 1.29 is 9.47 Å². The molecule has 1 aromatic carbocycles. The molecule has 0 bridgehead atoms. The molecule has 4 rings (SSSR count). The summed E-state index contributed by atoms with van der Waals surface area (Å²) in [6.07, 6.45) is 4.95. The minimum absolute atomic E-state index is 0. The van der Waals surface area contributed by atoms with Gasteiger partial charge in [0.05, 0.1) is 12.7 Å². The third kappa shape index (κ3) is 6.31. The molecule has 0 aliphatic carbocycles. The molecule has 168 valence electrons. The summed E-state index contributed by atoms with van der Waals surface area (Å²) in [4.78, 5) is 9.86. The third-order valence-electron chi connectivity index (χ3n) is 6.21. The second-order valence-electron chi connectivity index (χ2n) is 8.29. The Kier molecular flexibility index (Phi) is 9.67. The van der Waals surface area contributed by atoms with E-state index in [0.717, 1.165) is 84.2 Å². The smallest absolute Gasteiger partial charge is 0.194 e. The molecule has 2 unspecified atom stereocenters.